The highest BCUT2D eigenvalue weighted by atomic mass is 16.5. The number of rotatable bonds is 6. The summed E-state index contributed by atoms with van der Waals surface area (Å²) in [6.07, 6.45) is -0.175. The van der Waals surface area contributed by atoms with E-state index in [4.69, 9.17) is 14.2 Å². The van der Waals surface area contributed by atoms with Gasteiger partial charge >= 0.3 is 0 Å². The Hall–Kier alpha value is -3.06. The zero-order valence-electron chi connectivity index (χ0n) is 16.9. The van der Waals surface area contributed by atoms with Gasteiger partial charge in [0.15, 0.2) is 0 Å². The molecule has 29 heavy (non-hydrogen) atoms. The van der Waals surface area contributed by atoms with Crippen molar-refractivity contribution in [1.82, 2.24) is 10.2 Å². The number of amides is 2. The van der Waals surface area contributed by atoms with Crippen LogP contribution in [-0.2, 0) is 9.53 Å². The molecule has 1 unspecified atom stereocenters. The molecule has 2 aromatic carbocycles. The Morgan fingerprint density at radius 2 is 1.72 bits per heavy atom. The molecule has 0 radical (unpaired) electrons. The number of nitrogens with one attached hydrogen (secondary N) is 1. The quantitative estimate of drug-likeness (QED) is 0.809. The topological polar surface area (TPSA) is 77.1 Å². The molecule has 0 spiro atoms. The summed E-state index contributed by atoms with van der Waals surface area (Å²) >= 11 is 0. The van der Waals surface area contributed by atoms with E-state index < -0.39 is 11.9 Å². The lowest BCUT2D eigenvalue weighted by Gasteiger charge is -2.34. The van der Waals surface area contributed by atoms with E-state index in [1.165, 1.54) is 14.2 Å². The van der Waals surface area contributed by atoms with Gasteiger partial charge in [0.2, 0.25) is 5.91 Å². The number of methoxy groups -OCH3 is 2. The molecule has 1 heterocycles. The third-order valence-electron chi connectivity index (χ3n) is 4.92. The van der Waals surface area contributed by atoms with E-state index in [-0.39, 0.29) is 17.6 Å². The standard InChI is InChI=1S/C22H26N2O5/c1-15(23-21(25)20-17(27-2)10-7-11-18(20)28-3)22(26)24-12-13-29-19(14-24)16-8-5-4-6-9-16/h4-11,15,19H,12-14H2,1-3H3,(H,23,25)/t15-,19?/m1/s1. The van der Waals surface area contributed by atoms with Gasteiger partial charge in [0.05, 0.1) is 27.4 Å². The Morgan fingerprint density at radius 3 is 2.34 bits per heavy atom. The summed E-state index contributed by atoms with van der Waals surface area (Å²) in [5, 5.41) is 2.77. The second kappa shape index (κ2) is 9.43. The van der Waals surface area contributed by atoms with Crippen molar-refractivity contribution in [1.29, 1.82) is 0 Å². The minimum Gasteiger partial charge on any atom is -0.496 e. The Labute approximate surface area is 170 Å². The van der Waals surface area contributed by atoms with Crippen molar-refractivity contribution in [3.05, 3.63) is 59.7 Å². The van der Waals surface area contributed by atoms with Gasteiger partial charge in [-0.1, -0.05) is 36.4 Å². The number of hydrogen-bond donors (Lipinski definition) is 1. The van der Waals surface area contributed by atoms with Gasteiger partial charge in [-0.2, -0.15) is 0 Å². The average molecular weight is 398 g/mol. The van der Waals surface area contributed by atoms with Gasteiger partial charge in [-0.25, -0.2) is 0 Å². The normalized spacial score (nSPS) is 17.3. The number of carbonyl (C=O) groups excluding carboxylic acids is 2. The van der Waals surface area contributed by atoms with Gasteiger partial charge in [0, 0.05) is 6.54 Å². The number of carbonyl (C=O) groups is 2. The summed E-state index contributed by atoms with van der Waals surface area (Å²) in [5.74, 6) is 0.193. The zero-order chi connectivity index (χ0) is 20.8. The van der Waals surface area contributed by atoms with Gasteiger partial charge < -0.3 is 24.4 Å². The van der Waals surface area contributed by atoms with Gasteiger partial charge in [-0.05, 0) is 24.6 Å². The van der Waals surface area contributed by atoms with Crippen molar-refractivity contribution in [3.8, 4) is 11.5 Å². The summed E-state index contributed by atoms with van der Waals surface area (Å²) in [6.45, 7) is 3.06. The largest absolute Gasteiger partial charge is 0.496 e. The minimum absolute atomic E-state index is 0.156. The highest BCUT2D eigenvalue weighted by Gasteiger charge is 2.30. The maximum absolute atomic E-state index is 12.9. The van der Waals surface area contributed by atoms with Gasteiger partial charge in [-0.15, -0.1) is 0 Å². The Bertz CT molecular complexity index is 833. The Balaban J connectivity index is 1.68. The first kappa shape index (κ1) is 20.7. The molecule has 0 bridgehead atoms. The van der Waals surface area contributed by atoms with E-state index in [2.05, 4.69) is 5.32 Å². The van der Waals surface area contributed by atoms with E-state index in [1.54, 1.807) is 30.0 Å². The fourth-order valence-electron chi connectivity index (χ4n) is 3.40. The van der Waals surface area contributed by atoms with Crippen molar-refractivity contribution < 1.29 is 23.8 Å². The number of morpholine rings is 1. The van der Waals surface area contributed by atoms with Crippen LogP contribution in [-0.4, -0.2) is 56.7 Å². The fraction of sp³-hybridized carbons (Fsp3) is 0.364. The molecule has 1 N–H and O–H groups in total. The molecule has 7 nitrogen and oxygen atoms in total. The molecule has 3 rings (SSSR count). The number of nitrogens with zero attached hydrogens (tertiary/aromatic N) is 1. The summed E-state index contributed by atoms with van der Waals surface area (Å²) in [5.41, 5.74) is 1.29. The van der Waals surface area contributed by atoms with Crippen LogP contribution in [0.5, 0.6) is 11.5 Å². The van der Waals surface area contributed by atoms with Gasteiger partial charge in [-0.3, -0.25) is 9.59 Å². The monoisotopic (exact) mass is 398 g/mol. The maximum Gasteiger partial charge on any atom is 0.259 e. The van der Waals surface area contributed by atoms with Crippen molar-refractivity contribution in [2.24, 2.45) is 0 Å². The van der Waals surface area contributed by atoms with Gasteiger partial charge in [0.25, 0.3) is 5.91 Å². The molecular formula is C22H26N2O5. The van der Waals surface area contributed by atoms with Crippen molar-refractivity contribution in [2.45, 2.75) is 19.1 Å². The molecule has 2 aromatic rings. The predicted molar refractivity (Wildman–Crippen MR) is 108 cm³/mol. The number of hydrogen-bond acceptors (Lipinski definition) is 5. The Kier molecular flexibility index (Phi) is 6.72. The second-order valence-corrected chi connectivity index (χ2v) is 6.79. The molecule has 0 saturated carbocycles. The molecule has 7 heteroatoms. The first-order valence-corrected chi connectivity index (χ1v) is 9.52. The van der Waals surface area contributed by atoms with Crippen LogP contribution < -0.4 is 14.8 Å². The van der Waals surface area contributed by atoms with Gasteiger partial charge in [0.1, 0.15) is 29.2 Å². The molecule has 2 atom stereocenters. The first-order valence-electron chi connectivity index (χ1n) is 9.52. The van der Waals surface area contributed by atoms with Crippen LogP contribution in [0.4, 0.5) is 0 Å². The molecule has 0 aromatic heterocycles. The van der Waals surface area contributed by atoms with E-state index in [1.807, 2.05) is 30.3 Å². The van der Waals surface area contributed by atoms with Crippen LogP contribution in [0.1, 0.15) is 28.9 Å². The Morgan fingerprint density at radius 1 is 1.07 bits per heavy atom. The maximum atomic E-state index is 12.9. The average Bonchev–Trinajstić information content (AvgIpc) is 2.78. The van der Waals surface area contributed by atoms with E-state index in [0.717, 1.165) is 5.56 Å². The van der Waals surface area contributed by atoms with E-state index in [0.29, 0.717) is 31.2 Å². The number of benzene rings is 2. The summed E-state index contributed by atoms with van der Waals surface area (Å²) in [6, 6.07) is 14.2. The molecule has 2 amide bonds. The molecule has 1 fully saturated rings. The SMILES string of the molecule is COc1cccc(OC)c1C(=O)N[C@H](C)C(=O)N1CCOC(c2ccccc2)C1. The fourth-order valence-corrected chi connectivity index (χ4v) is 3.40. The van der Waals surface area contributed by atoms with Crippen molar-refractivity contribution >= 4 is 11.8 Å². The van der Waals surface area contributed by atoms with Crippen molar-refractivity contribution in [3.63, 3.8) is 0 Å². The highest BCUT2D eigenvalue weighted by Crippen LogP contribution is 2.28. The third kappa shape index (κ3) is 4.68. The van der Waals surface area contributed by atoms with Crippen LogP contribution in [0.15, 0.2) is 48.5 Å². The van der Waals surface area contributed by atoms with Crippen LogP contribution >= 0.6 is 0 Å². The van der Waals surface area contributed by atoms with E-state index in [9.17, 15) is 9.59 Å². The third-order valence-corrected chi connectivity index (χ3v) is 4.92. The van der Waals surface area contributed by atoms with Crippen LogP contribution in [0.25, 0.3) is 0 Å². The smallest absolute Gasteiger partial charge is 0.259 e. The summed E-state index contributed by atoms with van der Waals surface area (Å²) < 4.78 is 16.4. The van der Waals surface area contributed by atoms with Crippen LogP contribution in [0.3, 0.4) is 0 Å². The predicted octanol–water partition coefficient (Wildman–Crippen LogP) is 2.42. The molecule has 1 aliphatic rings. The first-order chi connectivity index (χ1) is 14.0. The summed E-state index contributed by atoms with van der Waals surface area (Å²) in [4.78, 5) is 27.5. The number of ether oxygens (including phenoxy) is 3. The van der Waals surface area contributed by atoms with Crippen LogP contribution in [0, 0.1) is 0 Å². The lowest BCUT2D eigenvalue weighted by molar-refractivity contribution is -0.140. The molecule has 1 aliphatic heterocycles. The van der Waals surface area contributed by atoms with E-state index >= 15 is 0 Å². The minimum atomic E-state index is -0.702. The lowest BCUT2D eigenvalue weighted by atomic mass is 10.1. The van der Waals surface area contributed by atoms with Crippen molar-refractivity contribution in [2.75, 3.05) is 33.9 Å². The highest BCUT2D eigenvalue weighted by molar-refractivity contribution is 6.01. The molecule has 1 saturated heterocycles. The molecule has 0 aliphatic carbocycles. The van der Waals surface area contributed by atoms with Crippen LogP contribution in [0.2, 0.25) is 0 Å². The molecule has 154 valence electrons. The second-order valence-electron chi connectivity index (χ2n) is 6.79. The zero-order valence-corrected chi connectivity index (χ0v) is 16.9. The summed E-state index contributed by atoms with van der Waals surface area (Å²) in [7, 11) is 2.97. The lowest BCUT2D eigenvalue weighted by Crippen LogP contribution is -2.51. The molecular weight excluding hydrogens is 372 g/mol.